The van der Waals surface area contributed by atoms with E-state index < -0.39 is 11.8 Å². The van der Waals surface area contributed by atoms with Gasteiger partial charge in [-0.25, -0.2) is 9.18 Å². The van der Waals surface area contributed by atoms with Crippen molar-refractivity contribution in [3.05, 3.63) is 28.0 Å². The number of carboxylic acid groups (broad SMARTS) is 1. The number of halogens is 2. The lowest BCUT2D eigenvalue weighted by molar-refractivity contribution is 0.0696. The van der Waals surface area contributed by atoms with E-state index in [2.05, 4.69) is 15.9 Å². The highest BCUT2D eigenvalue weighted by Crippen LogP contribution is 2.34. The Kier molecular flexibility index (Phi) is 3.14. The number of benzene rings is 1. The summed E-state index contributed by atoms with van der Waals surface area (Å²) in [5, 5.41) is 8.72. The van der Waals surface area contributed by atoms with Gasteiger partial charge in [0.05, 0.1) is 16.6 Å². The van der Waals surface area contributed by atoms with Crippen LogP contribution < -0.4 is 4.74 Å². The van der Waals surface area contributed by atoms with Gasteiger partial charge in [0.1, 0.15) is 0 Å². The summed E-state index contributed by atoms with van der Waals surface area (Å²) in [6, 6.07) is 2.31. The van der Waals surface area contributed by atoms with Crippen LogP contribution in [0.5, 0.6) is 5.75 Å². The lowest BCUT2D eigenvalue weighted by Gasteiger charge is -2.09. The summed E-state index contributed by atoms with van der Waals surface area (Å²) in [4.78, 5) is 10.7. The lowest BCUT2D eigenvalue weighted by Crippen LogP contribution is -2.04. The van der Waals surface area contributed by atoms with E-state index in [1.165, 1.54) is 6.07 Å². The van der Waals surface area contributed by atoms with Crippen molar-refractivity contribution in [2.45, 2.75) is 12.8 Å². The van der Waals surface area contributed by atoms with Crippen molar-refractivity contribution in [3.63, 3.8) is 0 Å². The molecule has 0 heterocycles. The summed E-state index contributed by atoms with van der Waals surface area (Å²) >= 11 is 3.11. The van der Waals surface area contributed by atoms with Gasteiger partial charge in [-0.15, -0.1) is 0 Å². The molecule has 1 fully saturated rings. The van der Waals surface area contributed by atoms with Crippen LogP contribution in [0, 0.1) is 11.7 Å². The smallest absolute Gasteiger partial charge is 0.335 e. The normalized spacial score (nSPS) is 14.9. The molecule has 5 heteroatoms. The number of carbonyl (C=O) groups is 1. The quantitative estimate of drug-likeness (QED) is 0.926. The van der Waals surface area contributed by atoms with Crippen LogP contribution in [0.1, 0.15) is 23.2 Å². The molecule has 2 rings (SSSR count). The highest BCUT2D eigenvalue weighted by atomic mass is 79.9. The van der Waals surface area contributed by atoms with Crippen LogP contribution in [-0.2, 0) is 0 Å². The zero-order chi connectivity index (χ0) is 11.7. The maximum absolute atomic E-state index is 13.5. The topological polar surface area (TPSA) is 46.5 Å². The molecule has 0 atom stereocenters. The number of aromatic carboxylic acids is 1. The van der Waals surface area contributed by atoms with Gasteiger partial charge in [-0.3, -0.25) is 0 Å². The van der Waals surface area contributed by atoms with Crippen LogP contribution in [0.2, 0.25) is 0 Å². The highest BCUT2D eigenvalue weighted by molar-refractivity contribution is 9.10. The van der Waals surface area contributed by atoms with Gasteiger partial charge in [0.15, 0.2) is 11.6 Å². The van der Waals surface area contributed by atoms with Crippen molar-refractivity contribution >= 4 is 21.9 Å². The maximum Gasteiger partial charge on any atom is 0.335 e. The summed E-state index contributed by atoms with van der Waals surface area (Å²) in [6.07, 6.45) is 2.24. The third kappa shape index (κ3) is 2.52. The van der Waals surface area contributed by atoms with Crippen LogP contribution in [0.4, 0.5) is 4.39 Å². The number of rotatable bonds is 4. The molecule has 0 spiro atoms. The fourth-order valence-corrected chi connectivity index (χ4v) is 1.86. The molecule has 1 saturated carbocycles. The number of hydrogen-bond donors (Lipinski definition) is 1. The van der Waals surface area contributed by atoms with Crippen LogP contribution >= 0.6 is 15.9 Å². The Hall–Kier alpha value is -1.10. The Bertz CT molecular complexity index is 406. The first kappa shape index (κ1) is 11.4. The van der Waals surface area contributed by atoms with Crippen LogP contribution in [-0.4, -0.2) is 17.7 Å². The Balaban J connectivity index is 2.19. The van der Waals surface area contributed by atoms with Crippen LogP contribution in [0.25, 0.3) is 0 Å². The minimum Gasteiger partial charge on any atom is -0.489 e. The molecule has 0 bridgehead atoms. The van der Waals surface area contributed by atoms with E-state index in [-0.39, 0.29) is 11.3 Å². The number of ether oxygens (including phenoxy) is 1. The summed E-state index contributed by atoms with van der Waals surface area (Å²) in [5.41, 5.74) is -0.0943. The SMILES string of the molecule is O=C(O)c1cc(F)c(OCC2CC2)c(Br)c1. The predicted molar refractivity (Wildman–Crippen MR) is 59.3 cm³/mol. The number of carboxylic acids is 1. The molecule has 3 nitrogen and oxygen atoms in total. The highest BCUT2D eigenvalue weighted by Gasteiger charge is 2.23. The first-order valence-corrected chi connectivity index (χ1v) is 5.72. The lowest BCUT2D eigenvalue weighted by atomic mass is 10.2. The largest absolute Gasteiger partial charge is 0.489 e. The zero-order valence-corrected chi connectivity index (χ0v) is 9.96. The summed E-state index contributed by atoms with van der Waals surface area (Å²) in [7, 11) is 0. The molecule has 1 N–H and O–H groups in total. The molecule has 1 aromatic rings. The van der Waals surface area contributed by atoms with Crippen molar-refractivity contribution < 1.29 is 19.0 Å². The third-order valence-electron chi connectivity index (χ3n) is 2.41. The van der Waals surface area contributed by atoms with Gasteiger partial charge in [0.2, 0.25) is 0 Å². The summed E-state index contributed by atoms with van der Waals surface area (Å²) in [5.74, 6) is -1.19. The zero-order valence-electron chi connectivity index (χ0n) is 8.37. The van der Waals surface area contributed by atoms with Gasteiger partial charge < -0.3 is 9.84 Å². The second-order valence-corrected chi connectivity index (χ2v) is 4.68. The van der Waals surface area contributed by atoms with Gasteiger partial charge >= 0.3 is 5.97 Å². The molecule has 1 aliphatic carbocycles. The second kappa shape index (κ2) is 4.41. The van der Waals surface area contributed by atoms with Crippen LogP contribution in [0.15, 0.2) is 16.6 Å². The van der Waals surface area contributed by atoms with Crippen molar-refractivity contribution in [3.8, 4) is 5.75 Å². The maximum atomic E-state index is 13.5. The molecule has 0 unspecified atom stereocenters. The van der Waals surface area contributed by atoms with Crippen molar-refractivity contribution in [2.24, 2.45) is 5.92 Å². The molecule has 1 aliphatic rings. The molecule has 1 aromatic carbocycles. The molecular formula is C11H10BrFO3. The molecule has 0 saturated heterocycles. The van der Waals surface area contributed by atoms with Crippen molar-refractivity contribution in [2.75, 3.05) is 6.61 Å². The molecule has 0 radical (unpaired) electrons. The van der Waals surface area contributed by atoms with Gasteiger partial charge in [0.25, 0.3) is 0 Å². The summed E-state index contributed by atoms with van der Waals surface area (Å²) < 4.78 is 19.2. The minimum absolute atomic E-state index is 0.0943. The Morgan fingerprint density at radius 2 is 2.25 bits per heavy atom. The van der Waals surface area contributed by atoms with E-state index in [4.69, 9.17) is 9.84 Å². The van der Waals surface area contributed by atoms with Crippen molar-refractivity contribution in [1.82, 2.24) is 0 Å². The standard InChI is InChI=1S/C11H10BrFO3/c12-8-3-7(11(14)15)4-9(13)10(8)16-5-6-1-2-6/h3-4,6H,1-2,5H2,(H,14,15). The first-order valence-electron chi connectivity index (χ1n) is 4.93. The van der Waals surface area contributed by atoms with E-state index in [9.17, 15) is 9.18 Å². The van der Waals surface area contributed by atoms with E-state index in [1.54, 1.807) is 0 Å². The fourth-order valence-electron chi connectivity index (χ4n) is 1.31. The predicted octanol–water partition coefficient (Wildman–Crippen LogP) is 3.08. The Morgan fingerprint density at radius 1 is 1.56 bits per heavy atom. The van der Waals surface area contributed by atoms with Gasteiger partial charge in [-0.05, 0) is 46.8 Å². The average Bonchev–Trinajstić information content (AvgIpc) is 2.99. The van der Waals surface area contributed by atoms with E-state index in [0.717, 1.165) is 18.9 Å². The van der Waals surface area contributed by atoms with E-state index in [0.29, 0.717) is 17.0 Å². The van der Waals surface area contributed by atoms with E-state index >= 15 is 0 Å². The summed E-state index contributed by atoms with van der Waals surface area (Å²) in [6.45, 7) is 0.488. The minimum atomic E-state index is -1.16. The molecular weight excluding hydrogens is 279 g/mol. The average molecular weight is 289 g/mol. The molecule has 86 valence electrons. The van der Waals surface area contributed by atoms with Gasteiger partial charge in [-0.1, -0.05) is 0 Å². The fraction of sp³-hybridized carbons (Fsp3) is 0.364. The van der Waals surface area contributed by atoms with Crippen molar-refractivity contribution in [1.29, 1.82) is 0 Å². The number of hydrogen-bond acceptors (Lipinski definition) is 2. The third-order valence-corrected chi connectivity index (χ3v) is 2.99. The second-order valence-electron chi connectivity index (χ2n) is 3.83. The molecule has 0 aliphatic heterocycles. The molecule has 16 heavy (non-hydrogen) atoms. The molecule has 0 amide bonds. The van der Waals surface area contributed by atoms with E-state index in [1.807, 2.05) is 0 Å². The van der Waals surface area contributed by atoms with Gasteiger partial charge in [0, 0.05) is 0 Å². The Labute approximate surface area is 100 Å². The van der Waals surface area contributed by atoms with Gasteiger partial charge in [-0.2, -0.15) is 0 Å². The molecule has 0 aromatic heterocycles. The van der Waals surface area contributed by atoms with Crippen LogP contribution in [0.3, 0.4) is 0 Å². The monoisotopic (exact) mass is 288 g/mol. The Morgan fingerprint density at radius 3 is 2.75 bits per heavy atom. The first-order chi connectivity index (χ1) is 7.58.